The van der Waals surface area contributed by atoms with Crippen molar-refractivity contribution in [3.05, 3.63) is 24.3 Å². The van der Waals surface area contributed by atoms with Crippen LogP contribution in [-0.4, -0.2) is 28.8 Å². The Morgan fingerprint density at radius 2 is 2.26 bits per heavy atom. The van der Waals surface area contributed by atoms with Crippen LogP contribution in [0.25, 0.3) is 10.2 Å². The molecule has 1 N–H and O–H groups in total. The fourth-order valence-corrected chi connectivity index (χ4v) is 3.86. The van der Waals surface area contributed by atoms with E-state index in [0.717, 1.165) is 36.6 Å². The minimum atomic E-state index is -0.526. The number of piperidine rings is 1. The zero-order chi connectivity index (χ0) is 13.5. The summed E-state index contributed by atoms with van der Waals surface area (Å²) in [6.07, 6.45) is 1.83. The van der Waals surface area contributed by atoms with Gasteiger partial charge in [-0.05, 0) is 31.9 Å². The van der Waals surface area contributed by atoms with Gasteiger partial charge in [0.2, 0.25) is 0 Å². The topological polar surface area (TPSA) is 36.4 Å². The molecule has 1 aromatic heterocycles. The summed E-state index contributed by atoms with van der Waals surface area (Å²) >= 11 is 1.75. The van der Waals surface area contributed by atoms with E-state index in [-0.39, 0.29) is 0 Å². The first-order valence-corrected chi connectivity index (χ1v) is 7.74. The minimum absolute atomic E-state index is 0.327. The summed E-state index contributed by atoms with van der Waals surface area (Å²) in [7, 11) is 0. The van der Waals surface area contributed by atoms with Crippen molar-refractivity contribution in [1.82, 2.24) is 4.98 Å². The summed E-state index contributed by atoms with van der Waals surface area (Å²) in [6, 6.07) is 8.27. The Labute approximate surface area is 117 Å². The van der Waals surface area contributed by atoms with Gasteiger partial charge in [0.25, 0.3) is 0 Å². The highest BCUT2D eigenvalue weighted by atomic mass is 32.1. The maximum atomic E-state index is 10.4. The molecule has 1 saturated heterocycles. The van der Waals surface area contributed by atoms with Gasteiger partial charge in [-0.3, -0.25) is 0 Å². The Kier molecular flexibility index (Phi) is 3.23. The van der Waals surface area contributed by atoms with E-state index in [0.29, 0.717) is 5.92 Å². The third-order valence-electron chi connectivity index (χ3n) is 4.25. The van der Waals surface area contributed by atoms with Crippen molar-refractivity contribution in [3.63, 3.8) is 0 Å². The van der Waals surface area contributed by atoms with Gasteiger partial charge >= 0.3 is 0 Å². The molecule has 0 amide bonds. The smallest absolute Gasteiger partial charge is 0.186 e. The Morgan fingerprint density at radius 3 is 3.00 bits per heavy atom. The van der Waals surface area contributed by atoms with Crippen molar-refractivity contribution < 1.29 is 5.11 Å². The molecule has 0 saturated carbocycles. The molecule has 19 heavy (non-hydrogen) atoms. The van der Waals surface area contributed by atoms with Crippen molar-refractivity contribution in [2.45, 2.75) is 32.3 Å². The van der Waals surface area contributed by atoms with E-state index in [1.54, 1.807) is 11.3 Å². The summed E-state index contributed by atoms with van der Waals surface area (Å²) in [5, 5.41) is 11.5. The number of para-hydroxylation sites is 1. The molecule has 4 heteroatoms. The van der Waals surface area contributed by atoms with Crippen molar-refractivity contribution in [1.29, 1.82) is 0 Å². The van der Waals surface area contributed by atoms with E-state index in [4.69, 9.17) is 4.98 Å². The van der Waals surface area contributed by atoms with E-state index in [2.05, 4.69) is 30.0 Å². The van der Waals surface area contributed by atoms with Crippen LogP contribution in [-0.2, 0) is 0 Å². The second-order valence-corrected chi connectivity index (χ2v) is 6.63. The summed E-state index contributed by atoms with van der Waals surface area (Å²) < 4.78 is 1.24. The van der Waals surface area contributed by atoms with Crippen LogP contribution in [0.3, 0.4) is 0 Å². The number of aromatic nitrogens is 1. The molecule has 0 bridgehead atoms. The first-order chi connectivity index (χ1) is 9.10. The highest BCUT2D eigenvalue weighted by Crippen LogP contribution is 2.35. The standard InChI is InChI=1S/C15H20N2OS/c1-3-11-10-17(9-8-15(11,2)18)14-16-12-6-4-5-7-13(12)19-14/h4-7,11,18H,3,8-10H2,1-2H3/t11-,15+/m0/s1. The van der Waals surface area contributed by atoms with Gasteiger partial charge in [-0.2, -0.15) is 0 Å². The largest absolute Gasteiger partial charge is 0.390 e. The maximum absolute atomic E-state index is 10.4. The Morgan fingerprint density at radius 1 is 1.47 bits per heavy atom. The van der Waals surface area contributed by atoms with E-state index in [9.17, 15) is 5.11 Å². The average molecular weight is 276 g/mol. The quantitative estimate of drug-likeness (QED) is 0.914. The van der Waals surface area contributed by atoms with E-state index < -0.39 is 5.60 Å². The predicted octanol–water partition coefficient (Wildman–Crippen LogP) is 3.28. The van der Waals surface area contributed by atoms with E-state index >= 15 is 0 Å². The summed E-state index contributed by atoms with van der Waals surface area (Å²) in [4.78, 5) is 7.05. The zero-order valence-electron chi connectivity index (χ0n) is 11.5. The summed E-state index contributed by atoms with van der Waals surface area (Å²) in [5.41, 5.74) is 0.551. The molecular formula is C15H20N2OS. The number of benzene rings is 1. The molecule has 2 heterocycles. The minimum Gasteiger partial charge on any atom is -0.390 e. The number of hydrogen-bond acceptors (Lipinski definition) is 4. The van der Waals surface area contributed by atoms with Crippen LogP contribution in [0, 0.1) is 5.92 Å². The SMILES string of the molecule is CC[C@H]1CN(c2nc3ccccc3s2)CC[C@@]1(C)O. The van der Waals surface area contributed by atoms with Crippen LogP contribution < -0.4 is 4.90 Å². The molecule has 3 rings (SSSR count). The van der Waals surface area contributed by atoms with Crippen LogP contribution in [0.1, 0.15) is 26.7 Å². The Balaban J connectivity index is 1.86. The molecule has 1 fully saturated rings. The van der Waals surface area contributed by atoms with Crippen molar-refractivity contribution in [2.75, 3.05) is 18.0 Å². The van der Waals surface area contributed by atoms with Gasteiger partial charge in [0.05, 0.1) is 15.8 Å². The van der Waals surface area contributed by atoms with Gasteiger partial charge in [-0.25, -0.2) is 4.98 Å². The van der Waals surface area contributed by atoms with Gasteiger partial charge in [0, 0.05) is 19.0 Å². The fourth-order valence-electron chi connectivity index (χ4n) is 2.86. The summed E-state index contributed by atoms with van der Waals surface area (Å²) in [6.45, 7) is 5.92. The second-order valence-electron chi connectivity index (χ2n) is 5.62. The fraction of sp³-hybridized carbons (Fsp3) is 0.533. The molecule has 2 atom stereocenters. The molecule has 0 aliphatic carbocycles. The second kappa shape index (κ2) is 4.76. The lowest BCUT2D eigenvalue weighted by Gasteiger charge is -2.42. The number of rotatable bonds is 2. The lowest BCUT2D eigenvalue weighted by Crippen LogP contribution is -2.50. The molecular weight excluding hydrogens is 256 g/mol. The first-order valence-electron chi connectivity index (χ1n) is 6.93. The maximum Gasteiger partial charge on any atom is 0.186 e. The molecule has 0 radical (unpaired) electrons. The molecule has 2 aromatic rings. The van der Waals surface area contributed by atoms with E-state index in [1.807, 2.05) is 13.0 Å². The highest BCUT2D eigenvalue weighted by Gasteiger charge is 2.37. The third-order valence-corrected chi connectivity index (χ3v) is 5.35. The molecule has 3 nitrogen and oxygen atoms in total. The lowest BCUT2D eigenvalue weighted by atomic mass is 9.81. The van der Waals surface area contributed by atoms with Crippen LogP contribution in [0.4, 0.5) is 5.13 Å². The molecule has 1 aromatic carbocycles. The molecule has 1 aliphatic rings. The van der Waals surface area contributed by atoms with Crippen LogP contribution in [0.2, 0.25) is 0 Å². The highest BCUT2D eigenvalue weighted by molar-refractivity contribution is 7.22. The Hall–Kier alpha value is -1.13. The van der Waals surface area contributed by atoms with Crippen LogP contribution >= 0.6 is 11.3 Å². The lowest BCUT2D eigenvalue weighted by molar-refractivity contribution is -0.0182. The molecule has 0 unspecified atom stereocenters. The van der Waals surface area contributed by atoms with Crippen LogP contribution in [0.5, 0.6) is 0 Å². The van der Waals surface area contributed by atoms with Crippen molar-refractivity contribution in [3.8, 4) is 0 Å². The van der Waals surface area contributed by atoms with Gasteiger partial charge in [-0.1, -0.05) is 30.4 Å². The van der Waals surface area contributed by atoms with Crippen LogP contribution in [0.15, 0.2) is 24.3 Å². The molecule has 102 valence electrons. The van der Waals surface area contributed by atoms with Gasteiger partial charge in [-0.15, -0.1) is 0 Å². The van der Waals surface area contributed by atoms with Crippen molar-refractivity contribution in [2.24, 2.45) is 5.92 Å². The molecule has 1 aliphatic heterocycles. The van der Waals surface area contributed by atoms with Gasteiger partial charge in [0.1, 0.15) is 0 Å². The summed E-state index contributed by atoms with van der Waals surface area (Å²) in [5.74, 6) is 0.327. The van der Waals surface area contributed by atoms with Gasteiger partial charge < -0.3 is 10.0 Å². The predicted molar refractivity (Wildman–Crippen MR) is 80.9 cm³/mol. The number of anilines is 1. The number of nitrogens with zero attached hydrogens (tertiary/aromatic N) is 2. The Bertz CT molecular complexity index is 545. The zero-order valence-corrected chi connectivity index (χ0v) is 12.3. The normalized spacial score (nSPS) is 27.9. The monoisotopic (exact) mass is 276 g/mol. The number of aliphatic hydroxyl groups is 1. The van der Waals surface area contributed by atoms with Gasteiger partial charge in [0.15, 0.2) is 5.13 Å². The molecule has 0 spiro atoms. The van der Waals surface area contributed by atoms with Crippen molar-refractivity contribution >= 4 is 26.7 Å². The van der Waals surface area contributed by atoms with E-state index in [1.165, 1.54) is 4.70 Å². The first kappa shape index (κ1) is 12.9. The number of hydrogen-bond donors (Lipinski definition) is 1. The average Bonchev–Trinajstić information content (AvgIpc) is 2.82. The third kappa shape index (κ3) is 2.35. The number of fused-ring (bicyclic) bond motifs is 1. The number of thiazole rings is 1.